The van der Waals surface area contributed by atoms with Crippen molar-refractivity contribution < 1.29 is 13.2 Å². The van der Waals surface area contributed by atoms with E-state index in [9.17, 15) is 13.2 Å². The van der Waals surface area contributed by atoms with E-state index in [0.717, 1.165) is 25.7 Å². The topological polar surface area (TPSA) is 75.3 Å². The van der Waals surface area contributed by atoms with E-state index in [1.54, 1.807) is 12.5 Å². The molecule has 0 bridgehead atoms. The van der Waals surface area contributed by atoms with Crippen molar-refractivity contribution >= 4 is 27.6 Å². The van der Waals surface area contributed by atoms with Gasteiger partial charge < -0.3 is 10.6 Å². The lowest BCUT2D eigenvalue weighted by Crippen LogP contribution is -2.36. The molecule has 0 radical (unpaired) electrons. The largest absolute Gasteiger partial charge is 0.338 e. The van der Waals surface area contributed by atoms with E-state index < -0.39 is 21.6 Å². The Kier molecular flexibility index (Phi) is 11.4. The van der Waals surface area contributed by atoms with E-state index in [1.807, 2.05) is 0 Å². The zero-order chi connectivity index (χ0) is 13.8. The quantitative estimate of drug-likeness (QED) is 0.580. The maximum absolute atomic E-state index is 11.3. The summed E-state index contributed by atoms with van der Waals surface area (Å²) in [5, 5.41) is 5.49. The zero-order valence-corrected chi connectivity index (χ0v) is 12.8. The first kappa shape index (κ1) is 17.6. The van der Waals surface area contributed by atoms with Crippen molar-refractivity contribution in [3.63, 3.8) is 0 Å². The molecule has 0 aromatic heterocycles. The molecule has 2 atom stereocenters. The lowest BCUT2D eigenvalue weighted by Gasteiger charge is -2.07. The molecule has 0 rings (SSSR count). The number of carbonyl (C=O) groups excluding carboxylic acids is 1. The Balaban J connectivity index is 3.27. The maximum atomic E-state index is 11.3. The molecule has 2 amide bonds. The third-order valence-electron chi connectivity index (χ3n) is 2.29. The van der Waals surface area contributed by atoms with Gasteiger partial charge in [-0.3, -0.25) is 8.42 Å². The monoisotopic (exact) mass is 296 g/mol. The molecule has 0 aliphatic heterocycles. The van der Waals surface area contributed by atoms with Crippen LogP contribution >= 0.6 is 0 Å². The second-order valence-electron chi connectivity index (χ2n) is 4.15. The Bertz CT molecular complexity index is 259. The first-order chi connectivity index (χ1) is 8.52. The van der Waals surface area contributed by atoms with E-state index in [4.69, 9.17) is 0 Å². The Labute approximate surface area is 114 Å². The number of nitrogens with one attached hydrogen (secondary N) is 2. The van der Waals surface area contributed by atoms with E-state index >= 15 is 0 Å². The first-order valence-corrected chi connectivity index (χ1v) is 9.59. The van der Waals surface area contributed by atoms with Crippen LogP contribution in [0.15, 0.2) is 0 Å². The second kappa shape index (κ2) is 11.6. The van der Waals surface area contributed by atoms with Gasteiger partial charge in [-0.05, 0) is 25.7 Å². The summed E-state index contributed by atoms with van der Waals surface area (Å²) in [4.78, 5) is 11.3. The molecular formula is C11H24N2O3S2. The van der Waals surface area contributed by atoms with Gasteiger partial charge in [-0.1, -0.05) is 0 Å². The first-order valence-electron chi connectivity index (χ1n) is 6.14. The van der Waals surface area contributed by atoms with Gasteiger partial charge in [-0.2, -0.15) is 0 Å². The van der Waals surface area contributed by atoms with Crippen molar-refractivity contribution in [2.45, 2.75) is 25.7 Å². The van der Waals surface area contributed by atoms with E-state index in [-0.39, 0.29) is 6.03 Å². The lowest BCUT2D eigenvalue weighted by atomic mass is 10.3. The minimum absolute atomic E-state index is 0.162. The molecule has 0 aliphatic rings. The summed E-state index contributed by atoms with van der Waals surface area (Å²) in [5.41, 5.74) is 0. The van der Waals surface area contributed by atoms with Crippen molar-refractivity contribution in [1.82, 2.24) is 10.6 Å². The Morgan fingerprint density at radius 2 is 1.22 bits per heavy atom. The highest BCUT2D eigenvalue weighted by Crippen LogP contribution is 1.90. The third kappa shape index (κ3) is 13.6. The summed E-state index contributed by atoms with van der Waals surface area (Å²) >= 11 is 0. The minimum atomic E-state index is -0.744. The number of hydrogen-bond acceptors (Lipinski definition) is 3. The van der Waals surface area contributed by atoms with Crippen LogP contribution in [0.5, 0.6) is 0 Å². The van der Waals surface area contributed by atoms with Crippen LogP contribution < -0.4 is 10.6 Å². The average molecular weight is 296 g/mol. The van der Waals surface area contributed by atoms with E-state index in [1.165, 1.54) is 0 Å². The average Bonchev–Trinajstić information content (AvgIpc) is 2.27. The molecule has 0 saturated heterocycles. The third-order valence-corrected chi connectivity index (χ3v) is 4.02. The van der Waals surface area contributed by atoms with Crippen LogP contribution in [0.4, 0.5) is 4.79 Å². The summed E-state index contributed by atoms with van der Waals surface area (Å²) in [6.45, 7) is 1.23. The molecule has 0 aliphatic carbocycles. The molecule has 0 spiro atoms. The number of amides is 2. The molecule has 0 fully saturated rings. The fourth-order valence-corrected chi connectivity index (χ4v) is 2.55. The highest BCUT2D eigenvalue weighted by molar-refractivity contribution is 7.84. The number of hydrogen-bond donors (Lipinski definition) is 2. The van der Waals surface area contributed by atoms with Crippen LogP contribution in [-0.4, -0.2) is 51.6 Å². The Hall–Kier alpha value is -0.430. The van der Waals surface area contributed by atoms with Crippen LogP contribution in [-0.2, 0) is 21.6 Å². The molecular weight excluding hydrogens is 272 g/mol. The lowest BCUT2D eigenvalue weighted by molar-refractivity contribution is 0.240. The predicted molar refractivity (Wildman–Crippen MR) is 77.7 cm³/mol. The molecule has 2 N–H and O–H groups in total. The minimum Gasteiger partial charge on any atom is -0.338 e. The van der Waals surface area contributed by atoms with Gasteiger partial charge in [0.2, 0.25) is 0 Å². The summed E-state index contributed by atoms with van der Waals surface area (Å²) in [6.07, 6.45) is 6.80. The van der Waals surface area contributed by atoms with Gasteiger partial charge in [0.25, 0.3) is 0 Å². The fourth-order valence-electron chi connectivity index (χ4n) is 1.33. The van der Waals surface area contributed by atoms with E-state index in [2.05, 4.69) is 10.6 Å². The number of rotatable bonds is 10. The van der Waals surface area contributed by atoms with Gasteiger partial charge in [0.15, 0.2) is 0 Å². The van der Waals surface area contributed by atoms with Crippen LogP contribution in [0.1, 0.15) is 25.7 Å². The molecule has 7 heteroatoms. The van der Waals surface area contributed by atoms with Gasteiger partial charge in [0.1, 0.15) is 0 Å². The molecule has 0 aromatic rings. The molecule has 2 unspecified atom stereocenters. The normalized spacial score (nSPS) is 13.9. The highest BCUT2D eigenvalue weighted by Gasteiger charge is 1.99. The van der Waals surface area contributed by atoms with Crippen molar-refractivity contribution in [1.29, 1.82) is 0 Å². The molecule has 18 heavy (non-hydrogen) atoms. The number of unbranched alkanes of at least 4 members (excludes halogenated alkanes) is 2. The molecule has 5 nitrogen and oxygen atoms in total. The van der Waals surface area contributed by atoms with Gasteiger partial charge in [-0.15, -0.1) is 0 Å². The predicted octanol–water partition coefficient (Wildman–Crippen LogP) is 0.603. The molecule has 0 aromatic carbocycles. The maximum Gasteiger partial charge on any atom is 0.314 e. The van der Waals surface area contributed by atoms with Crippen molar-refractivity contribution in [3.8, 4) is 0 Å². The van der Waals surface area contributed by atoms with Crippen molar-refractivity contribution in [2.24, 2.45) is 0 Å². The highest BCUT2D eigenvalue weighted by atomic mass is 32.2. The van der Waals surface area contributed by atoms with Gasteiger partial charge in [-0.25, -0.2) is 4.79 Å². The van der Waals surface area contributed by atoms with Gasteiger partial charge in [0, 0.05) is 58.7 Å². The smallest absolute Gasteiger partial charge is 0.314 e. The zero-order valence-electron chi connectivity index (χ0n) is 11.2. The molecule has 0 heterocycles. The van der Waals surface area contributed by atoms with Crippen LogP contribution in [0.25, 0.3) is 0 Å². The Morgan fingerprint density at radius 1 is 0.833 bits per heavy atom. The summed E-state index contributed by atoms with van der Waals surface area (Å²) in [7, 11) is -1.49. The summed E-state index contributed by atoms with van der Waals surface area (Å²) in [6, 6.07) is -0.162. The second-order valence-corrected chi connectivity index (χ2v) is 7.26. The standard InChI is InChI=1S/C11H24N2O3S2/c1-17(15)9-5-3-7-12-11(14)13-8-4-6-10-18(2)16/h3-10H2,1-2H3,(H2,12,13,14). The van der Waals surface area contributed by atoms with E-state index in [0.29, 0.717) is 24.6 Å². The number of carbonyl (C=O) groups is 1. The van der Waals surface area contributed by atoms with Crippen LogP contribution in [0.3, 0.4) is 0 Å². The van der Waals surface area contributed by atoms with Crippen LogP contribution in [0.2, 0.25) is 0 Å². The summed E-state index contributed by atoms with van der Waals surface area (Å²) < 4.78 is 21.6. The molecule has 108 valence electrons. The van der Waals surface area contributed by atoms with Gasteiger partial charge in [0.05, 0.1) is 0 Å². The summed E-state index contributed by atoms with van der Waals surface area (Å²) in [5.74, 6) is 1.38. The van der Waals surface area contributed by atoms with Crippen LogP contribution in [0, 0.1) is 0 Å². The van der Waals surface area contributed by atoms with Crippen molar-refractivity contribution in [2.75, 3.05) is 37.1 Å². The molecule has 0 saturated carbocycles. The Morgan fingerprint density at radius 3 is 1.56 bits per heavy atom. The number of urea groups is 1. The van der Waals surface area contributed by atoms with Gasteiger partial charge >= 0.3 is 6.03 Å². The fraction of sp³-hybridized carbons (Fsp3) is 0.909. The van der Waals surface area contributed by atoms with Crippen molar-refractivity contribution in [3.05, 3.63) is 0 Å². The SMILES string of the molecule is CS(=O)CCCCNC(=O)NCCCCS(C)=O.